The number of pyridine rings is 2. The van der Waals surface area contributed by atoms with Crippen molar-refractivity contribution in [2.45, 2.75) is 6.92 Å². The van der Waals surface area contributed by atoms with Crippen LogP contribution in [0.5, 0.6) is 11.5 Å². The van der Waals surface area contributed by atoms with Crippen molar-refractivity contribution in [1.82, 2.24) is 9.97 Å². The Labute approximate surface area is 211 Å². The molecule has 1 amide bonds. The highest BCUT2D eigenvalue weighted by molar-refractivity contribution is 6.43. The van der Waals surface area contributed by atoms with Crippen molar-refractivity contribution in [2.75, 3.05) is 24.9 Å². The van der Waals surface area contributed by atoms with E-state index in [0.29, 0.717) is 44.5 Å². The fourth-order valence-corrected chi connectivity index (χ4v) is 4.48. The van der Waals surface area contributed by atoms with Crippen LogP contribution in [-0.2, 0) is 4.79 Å². The molecule has 0 spiro atoms. The number of hydrogen-bond acceptors (Lipinski definition) is 6. The molecule has 2 heterocycles. The molecule has 0 bridgehead atoms. The lowest BCUT2D eigenvalue weighted by molar-refractivity contribution is -0.111. The molecule has 0 fully saturated rings. The molecule has 0 saturated heterocycles. The second-order valence-corrected chi connectivity index (χ2v) is 8.53. The van der Waals surface area contributed by atoms with Crippen LogP contribution in [0.1, 0.15) is 5.56 Å². The zero-order chi connectivity index (χ0) is 25.1. The Kier molecular flexibility index (Phi) is 7.04. The highest BCUT2D eigenvalue weighted by Gasteiger charge is 2.18. The van der Waals surface area contributed by atoms with Gasteiger partial charge in [-0.25, -0.2) is 4.98 Å². The highest BCUT2D eigenvalue weighted by Crippen LogP contribution is 2.37. The molecule has 0 aliphatic heterocycles. The van der Waals surface area contributed by atoms with Crippen molar-refractivity contribution in [3.63, 3.8) is 0 Å². The lowest BCUT2D eigenvalue weighted by Crippen LogP contribution is -2.13. The van der Waals surface area contributed by atoms with Crippen LogP contribution >= 0.6 is 11.6 Å². The molecule has 3 radical (unpaired) electrons. The fraction of sp³-hybridized carbons (Fsp3) is 0.115. The summed E-state index contributed by atoms with van der Waals surface area (Å²) in [5, 5.41) is 8.96. The summed E-state index contributed by atoms with van der Waals surface area (Å²) in [6.45, 7) is 5.46. The van der Waals surface area contributed by atoms with Gasteiger partial charge in [-0.3, -0.25) is 9.78 Å². The van der Waals surface area contributed by atoms with Crippen molar-refractivity contribution < 1.29 is 14.3 Å². The van der Waals surface area contributed by atoms with Gasteiger partial charge in [0, 0.05) is 34.8 Å². The number of aromatic nitrogens is 2. The van der Waals surface area contributed by atoms with Crippen molar-refractivity contribution in [3.8, 4) is 22.8 Å². The summed E-state index contributed by atoms with van der Waals surface area (Å²) in [4.78, 5) is 21.0. The maximum atomic E-state index is 11.8. The number of amides is 1. The van der Waals surface area contributed by atoms with Gasteiger partial charge in [-0.15, -0.1) is 0 Å². The van der Waals surface area contributed by atoms with Crippen LogP contribution < -0.4 is 25.3 Å². The van der Waals surface area contributed by atoms with Gasteiger partial charge in [-0.2, -0.15) is 0 Å². The van der Waals surface area contributed by atoms with Crippen LogP contribution in [0.3, 0.4) is 0 Å². The number of nitrogens with one attached hydrogen (secondary N) is 2. The fourth-order valence-electron chi connectivity index (χ4n) is 3.65. The Balaban J connectivity index is 1.72. The summed E-state index contributed by atoms with van der Waals surface area (Å²) in [7, 11) is 6.76. The minimum atomic E-state index is -0.291. The number of anilines is 3. The molecule has 2 aromatic heterocycles. The molecule has 35 heavy (non-hydrogen) atoms. The van der Waals surface area contributed by atoms with Gasteiger partial charge >= 0.3 is 0 Å². The zero-order valence-electron chi connectivity index (χ0n) is 19.4. The molecule has 7 nitrogen and oxygen atoms in total. The van der Waals surface area contributed by atoms with Gasteiger partial charge < -0.3 is 20.1 Å². The van der Waals surface area contributed by atoms with Gasteiger partial charge in [-0.1, -0.05) is 30.3 Å². The number of hydrogen-bond donors (Lipinski definition) is 2. The molecule has 2 N–H and O–H groups in total. The lowest BCUT2D eigenvalue weighted by Gasteiger charge is -2.16. The molecule has 0 saturated carbocycles. The van der Waals surface area contributed by atoms with Gasteiger partial charge in [0.2, 0.25) is 5.91 Å². The predicted molar refractivity (Wildman–Crippen MR) is 142 cm³/mol. The molecule has 0 atom stereocenters. The van der Waals surface area contributed by atoms with Gasteiger partial charge in [0.05, 0.1) is 46.6 Å². The molecule has 9 heteroatoms. The molecular formula is C26H22ClN4O3Si. The van der Waals surface area contributed by atoms with Crippen LogP contribution in [-0.4, -0.2) is 40.3 Å². The number of nitrogens with zero attached hydrogens (tertiary/aromatic N) is 2. The third kappa shape index (κ3) is 4.84. The van der Waals surface area contributed by atoms with Gasteiger partial charge in [-0.05, 0) is 41.9 Å². The third-order valence-corrected chi connectivity index (χ3v) is 6.33. The lowest BCUT2D eigenvalue weighted by atomic mass is 10.1. The van der Waals surface area contributed by atoms with E-state index in [1.807, 2.05) is 37.3 Å². The SMILES string of the molecule is C=CC(=O)Nc1cccc(C)c1Nc1cc2cnc(-c3c([Si])c(OC)cc(OC)c3Cl)cc2cn1. The number of benzene rings is 2. The number of methoxy groups -OCH3 is 2. The highest BCUT2D eigenvalue weighted by atomic mass is 35.5. The first-order valence-corrected chi connectivity index (χ1v) is 11.5. The Morgan fingerprint density at radius 2 is 1.80 bits per heavy atom. The van der Waals surface area contributed by atoms with Crippen molar-refractivity contribution in [1.29, 1.82) is 0 Å². The molecule has 4 rings (SSSR count). The molecule has 2 aromatic carbocycles. The van der Waals surface area contributed by atoms with E-state index in [4.69, 9.17) is 21.1 Å². The van der Waals surface area contributed by atoms with E-state index >= 15 is 0 Å². The molecule has 175 valence electrons. The van der Waals surface area contributed by atoms with Gasteiger partial charge in [0.15, 0.2) is 0 Å². The largest absolute Gasteiger partial charge is 0.497 e. The first-order valence-electron chi connectivity index (χ1n) is 10.6. The van der Waals surface area contributed by atoms with Gasteiger partial charge in [0.25, 0.3) is 0 Å². The Morgan fingerprint density at radius 3 is 2.51 bits per heavy atom. The van der Waals surface area contributed by atoms with E-state index < -0.39 is 0 Å². The van der Waals surface area contributed by atoms with Crippen LogP contribution in [0.25, 0.3) is 22.0 Å². The molecule has 0 aliphatic rings. The Hall–Kier alpha value is -3.88. The number of carbonyl (C=O) groups is 1. The van der Waals surface area contributed by atoms with Crippen molar-refractivity contribution >= 4 is 60.9 Å². The maximum absolute atomic E-state index is 11.8. The average Bonchev–Trinajstić information content (AvgIpc) is 2.86. The Morgan fingerprint density at radius 1 is 1.09 bits per heavy atom. The summed E-state index contributed by atoms with van der Waals surface area (Å²) in [6.07, 6.45) is 4.73. The number of fused-ring (bicyclic) bond motifs is 1. The summed E-state index contributed by atoms with van der Waals surface area (Å²) in [5.41, 5.74) is 3.63. The molecule has 0 unspecified atom stereocenters. The topological polar surface area (TPSA) is 85.4 Å². The van der Waals surface area contributed by atoms with Crippen LogP contribution in [0.2, 0.25) is 5.02 Å². The standard InChI is InChI=1S/C26H22ClN4O3Si/c1-5-22(32)30-17-8-6-7-14(2)25(17)31-21-10-16-12-28-18(9-15(16)13-29-21)23-24(27)19(33-3)11-20(34-4)26(23)35/h5-13H,1H2,2-4H3,(H,29,31)(H,30,32). The normalized spacial score (nSPS) is 10.7. The van der Waals surface area contributed by atoms with Gasteiger partial charge in [0.1, 0.15) is 17.3 Å². The number of aryl methyl sites for hydroxylation is 1. The van der Waals surface area contributed by atoms with E-state index in [9.17, 15) is 4.79 Å². The van der Waals surface area contributed by atoms with E-state index in [1.54, 1.807) is 32.7 Å². The number of halogens is 1. The summed E-state index contributed by atoms with van der Waals surface area (Å²) >= 11 is 6.61. The molecular weight excluding hydrogens is 480 g/mol. The quantitative estimate of drug-likeness (QED) is 0.275. The van der Waals surface area contributed by atoms with E-state index in [1.165, 1.54) is 6.08 Å². The second-order valence-electron chi connectivity index (χ2n) is 7.65. The first-order chi connectivity index (χ1) is 16.9. The average molecular weight is 502 g/mol. The van der Waals surface area contributed by atoms with Crippen molar-refractivity contribution in [2.24, 2.45) is 0 Å². The molecule has 0 aliphatic carbocycles. The second kappa shape index (κ2) is 10.2. The maximum Gasteiger partial charge on any atom is 0.247 e. The van der Waals surface area contributed by atoms with Crippen LogP contribution in [0.15, 0.2) is 61.4 Å². The Bertz CT molecular complexity index is 1430. The monoisotopic (exact) mass is 501 g/mol. The number of carbonyl (C=O) groups excluding carboxylic acids is 1. The number of ether oxygens (including phenoxy) is 2. The van der Waals surface area contributed by atoms with Crippen molar-refractivity contribution in [3.05, 3.63) is 72.0 Å². The minimum Gasteiger partial charge on any atom is -0.497 e. The van der Waals surface area contributed by atoms with E-state index in [2.05, 4.69) is 37.4 Å². The number of para-hydroxylation sites is 1. The number of rotatable bonds is 7. The summed E-state index contributed by atoms with van der Waals surface area (Å²) in [5.74, 6) is 1.38. The zero-order valence-corrected chi connectivity index (χ0v) is 21.2. The summed E-state index contributed by atoms with van der Waals surface area (Å²) in [6, 6.07) is 11.1. The van der Waals surface area contributed by atoms with E-state index in [-0.39, 0.29) is 5.91 Å². The van der Waals surface area contributed by atoms with E-state index in [0.717, 1.165) is 22.0 Å². The first kappa shape index (κ1) is 24.2. The minimum absolute atomic E-state index is 0.291. The summed E-state index contributed by atoms with van der Waals surface area (Å²) < 4.78 is 10.8. The molecule has 4 aromatic rings. The van der Waals surface area contributed by atoms with Crippen LogP contribution in [0.4, 0.5) is 17.2 Å². The smallest absolute Gasteiger partial charge is 0.247 e. The third-order valence-electron chi connectivity index (χ3n) is 5.46. The van der Waals surface area contributed by atoms with Crippen LogP contribution in [0, 0.1) is 6.92 Å². The predicted octanol–water partition coefficient (Wildman–Crippen LogP) is 4.94.